The molecule has 1 saturated heterocycles. The molecule has 1 aromatic heterocycles. The van der Waals surface area contributed by atoms with Crippen molar-refractivity contribution in [2.45, 2.75) is 45.7 Å². The van der Waals surface area contributed by atoms with E-state index in [4.69, 9.17) is 4.74 Å². The van der Waals surface area contributed by atoms with Crippen LogP contribution in [0.5, 0.6) is 0 Å². The van der Waals surface area contributed by atoms with Crippen LogP contribution in [0.2, 0.25) is 0 Å². The number of ether oxygens (including phenoxy) is 1. The number of anilines is 1. The van der Waals surface area contributed by atoms with Gasteiger partial charge in [0.15, 0.2) is 0 Å². The minimum Gasteiger partial charge on any atom is -0.450 e. The third-order valence-corrected chi connectivity index (χ3v) is 3.82. The molecule has 0 bridgehead atoms. The first-order valence-corrected chi connectivity index (χ1v) is 8.44. The van der Waals surface area contributed by atoms with E-state index in [1.54, 1.807) is 30.2 Å². The van der Waals surface area contributed by atoms with Gasteiger partial charge in [-0.3, -0.25) is 4.79 Å². The van der Waals surface area contributed by atoms with E-state index in [-0.39, 0.29) is 18.0 Å². The van der Waals surface area contributed by atoms with Gasteiger partial charge in [-0.15, -0.1) is 0 Å². The first kappa shape index (κ1) is 18.0. The molecule has 132 valence electrons. The van der Waals surface area contributed by atoms with E-state index >= 15 is 0 Å². The van der Waals surface area contributed by atoms with Gasteiger partial charge in [0.1, 0.15) is 5.82 Å². The lowest BCUT2D eigenvalue weighted by Crippen LogP contribution is -2.46. The number of aromatic nitrogens is 1. The van der Waals surface area contributed by atoms with E-state index in [1.165, 1.54) is 0 Å². The van der Waals surface area contributed by atoms with Crippen molar-refractivity contribution in [3.8, 4) is 0 Å². The van der Waals surface area contributed by atoms with E-state index in [1.807, 2.05) is 13.8 Å². The molecule has 1 aliphatic heterocycles. The second kappa shape index (κ2) is 8.52. The minimum absolute atomic E-state index is 0.0663. The zero-order valence-corrected chi connectivity index (χ0v) is 14.5. The molecule has 0 atom stereocenters. The summed E-state index contributed by atoms with van der Waals surface area (Å²) >= 11 is 0. The first-order valence-electron chi connectivity index (χ1n) is 8.44. The monoisotopic (exact) mass is 334 g/mol. The average Bonchev–Trinajstić information content (AvgIpc) is 2.56. The fourth-order valence-corrected chi connectivity index (χ4v) is 2.60. The standard InChI is InChI=1S/C17H26N4O3/c1-4-24-17(23)21-9-7-14(8-10-21)20-16(22)13-5-6-15(18-11-13)19-12(2)3/h5-6,11-12,14H,4,7-10H2,1-3H3,(H,18,19)(H,20,22). The Bertz CT molecular complexity index is 551. The summed E-state index contributed by atoms with van der Waals surface area (Å²) in [6, 6.07) is 3.93. The fraction of sp³-hybridized carbons (Fsp3) is 0.588. The molecular weight excluding hydrogens is 308 g/mol. The van der Waals surface area contributed by atoms with E-state index in [0.717, 1.165) is 18.7 Å². The van der Waals surface area contributed by atoms with Gasteiger partial charge in [0.05, 0.1) is 12.2 Å². The number of amides is 2. The first-order chi connectivity index (χ1) is 11.5. The molecule has 0 saturated carbocycles. The molecule has 7 nitrogen and oxygen atoms in total. The molecule has 1 aromatic rings. The van der Waals surface area contributed by atoms with Crippen LogP contribution in [0.4, 0.5) is 10.6 Å². The van der Waals surface area contributed by atoms with Gasteiger partial charge < -0.3 is 20.3 Å². The van der Waals surface area contributed by atoms with Crippen molar-refractivity contribution in [3.05, 3.63) is 23.9 Å². The van der Waals surface area contributed by atoms with Crippen molar-refractivity contribution in [2.24, 2.45) is 0 Å². The molecule has 2 amide bonds. The second-order valence-corrected chi connectivity index (χ2v) is 6.16. The highest BCUT2D eigenvalue weighted by Gasteiger charge is 2.24. The number of hydrogen-bond donors (Lipinski definition) is 2. The molecule has 1 fully saturated rings. The summed E-state index contributed by atoms with van der Waals surface area (Å²) in [7, 11) is 0. The van der Waals surface area contributed by atoms with Crippen LogP contribution in [-0.2, 0) is 4.74 Å². The predicted octanol–water partition coefficient (Wildman–Crippen LogP) is 2.25. The Morgan fingerprint density at radius 2 is 2.04 bits per heavy atom. The van der Waals surface area contributed by atoms with Gasteiger partial charge in [-0.25, -0.2) is 9.78 Å². The molecule has 0 spiro atoms. The van der Waals surface area contributed by atoms with E-state index < -0.39 is 0 Å². The molecule has 0 radical (unpaired) electrons. The normalized spacial score (nSPS) is 15.2. The van der Waals surface area contributed by atoms with Gasteiger partial charge in [-0.05, 0) is 45.7 Å². The largest absolute Gasteiger partial charge is 0.450 e. The summed E-state index contributed by atoms with van der Waals surface area (Å²) in [6.45, 7) is 7.43. The Kier molecular flexibility index (Phi) is 6.40. The van der Waals surface area contributed by atoms with Crippen LogP contribution in [0.3, 0.4) is 0 Å². The SMILES string of the molecule is CCOC(=O)N1CCC(NC(=O)c2ccc(NC(C)C)nc2)CC1. The Morgan fingerprint density at radius 3 is 2.58 bits per heavy atom. The molecule has 2 heterocycles. The van der Waals surface area contributed by atoms with Crippen LogP contribution in [0.25, 0.3) is 0 Å². The Morgan fingerprint density at radius 1 is 1.33 bits per heavy atom. The van der Waals surface area contributed by atoms with Gasteiger partial charge in [0, 0.05) is 31.4 Å². The number of nitrogens with zero attached hydrogens (tertiary/aromatic N) is 2. The van der Waals surface area contributed by atoms with Gasteiger partial charge in [0.25, 0.3) is 5.91 Å². The van der Waals surface area contributed by atoms with Gasteiger partial charge in [0.2, 0.25) is 0 Å². The number of carbonyl (C=O) groups excluding carboxylic acids is 2. The van der Waals surface area contributed by atoms with Gasteiger partial charge >= 0.3 is 6.09 Å². The lowest BCUT2D eigenvalue weighted by molar-refractivity contribution is 0.0860. The third-order valence-electron chi connectivity index (χ3n) is 3.82. The molecule has 0 aromatic carbocycles. The van der Waals surface area contributed by atoms with E-state index in [9.17, 15) is 9.59 Å². The number of rotatable bonds is 5. The number of nitrogens with one attached hydrogen (secondary N) is 2. The maximum Gasteiger partial charge on any atom is 0.409 e. The quantitative estimate of drug-likeness (QED) is 0.863. The molecule has 0 aliphatic carbocycles. The molecule has 2 rings (SSSR count). The van der Waals surface area contributed by atoms with Crippen molar-refractivity contribution >= 4 is 17.8 Å². The highest BCUT2D eigenvalue weighted by molar-refractivity contribution is 5.94. The average molecular weight is 334 g/mol. The lowest BCUT2D eigenvalue weighted by atomic mass is 10.0. The van der Waals surface area contributed by atoms with Crippen molar-refractivity contribution < 1.29 is 14.3 Å². The maximum absolute atomic E-state index is 12.3. The number of pyridine rings is 1. The summed E-state index contributed by atoms with van der Waals surface area (Å²) in [5.74, 6) is 0.623. The number of hydrogen-bond acceptors (Lipinski definition) is 5. The third kappa shape index (κ3) is 5.11. The number of likely N-dealkylation sites (tertiary alicyclic amines) is 1. The molecule has 7 heteroatoms. The molecule has 24 heavy (non-hydrogen) atoms. The topological polar surface area (TPSA) is 83.6 Å². The smallest absolute Gasteiger partial charge is 0.409 e. The van der Waals surface area contributed by atoms with Crippen LogP contribution in [0.15, 0.2) is 18.3 Å². The predicted molar refractivity (Wildman–Crippen MR) is 92.1 cm³/mol. The van der Waals surface area contributed by atoms with Crippen molar-refractivity contribution in [1.29, 1.82) is 0 Å². The molecule has 1 aliphatic rings. The molecule has 0 unspecified atom stereocenters. The molecular formula is C17H26N4O3. The Balaban J connectivity index is 1.82. The van der Waals surface area contributed by atoms with Crippen molar-refractivity contribution in [1.82, 2.24) is 15.2 Å². The second-order valence-electron chi connectivity index (χ2n) is 6.16. The van der Waals surface area contributed by atoms with Gasteiger partial charge in [-0.2, -0.15) is 0 Å². The van der Waals surface area contributed by atoms with Crippen molar-refractivity contribution in [3.63, 3.8) is 0 Å². The van der Waals surface area contributed by atoms with Crippen LogP contribution >= 0.6 is 0 Å². The zero-order chi connectivity index (χ0) is 17.5. The van der Waals surface area contributed by atoms with Crippen LogP contribution in [-0.4, -0.2) is 53.7 Å². The van der Waals surface area contributed by atoms with E-state index in [2.05, 4.69) is 15.6 Å². The summed E-state index contributed by atoms with van der Waals surface area (Å²) in [5.41, 5.74) is 0.539. The number of carbonyl (C=O) groups is 2. The summed E-state index contributed by atoms with van der Waals surface area (Å²) < 4.78 is 4.99. The van der Waals surface area contributed by atoms with E-state index in [0.29, 0.717) is 31.3 Å². The van der Waals surface area contributed by atoms with Crippen LogP contribution < -0.4 is 10.6 Å². The Labute approximate surface area is 142 Å². The highest BCUT2D eigenvalue weighted by Crippen LogP contribution is 2.13. The summed E-state index contributed by atoms with van der Waals surface area (Å²) in [4.78, 5) is 29.9. The van der Waals surface area contributed by atoms with Crippen molar-refractivity contribution in [2.75, 3.05) is 25.0 Å². The van der Waals surface area contributed by atoms with Crippen LogP contribution in [0, 0.1) is 0 Å². The minimum atomic E-state index is -0.278. The molecule has 2 N–H and O–H groups in total. The zero-order valence-electron chi connectivity index (χ0n) is 14.5. The summed E-state index contributed by atoms with van der Waals surface area (Å²) in [5, 5.41) is 6.19. The lowest BCUT2D eigenvalue weighted by Gasteiger charge is -2.31. The fourth-order valence-electron chi connectivity index (χ4n) is 2.60. The van der Waals surface area contributed by atoms with Crippen LogP contribution in [0.1, 0.15) is 44.0 Å². The Hall–Kier alpha value is -2.31. The maximum atomic E-state index is 12.3. The number of piperidine rings is 1. The van der Waals surface area contributed by atoms with Gasteiger partial charge in [-0.1, -0.05) is 0 Å². The summed E-state index contributed by atoms with van der Waals surface area (Å²) in [6.07, 6.45) is 2.75. The highest BCUT2D eigenvalue weighted by atomic mass is 16.6.